The van der Waals surface area contributed by atoms with E-state index < -0.39 is 12.1 Å². The molecule has 0 bridgehead atoms. The summed E-state index contributed by atoms with van der Waals surface area (Å²) in [6.07, 6.45) is 11.6. The summed E-state index contributed by atoms with van der Waals surface area (Å²) in [5.41, 5.74) is 6.73. The van der Waals surface area contributed by atoms with E-state index in [1.54, 1.807) is 18.5 Å². The molecule has 2 fully saturated rings. The van der Waals surface area contributed by atoms with Crippen LogP contribution in [0.4, 0.5) is 5.95 Å². The van der Waals surface area contributed by atoms with Crippen molar-refractivity contribution in [1.29, 1.82) is 0 Å². The van der Waals surface area contributed by atoms with E-state index in [2.05, 4.69) is 83.7 Å². The number of likely N-dealkylation sites (tertiary alicyclic amines) is 2. The summed E-state index contributed by atoms with van der Waals surface area (Å²) in [7, 11) is 1.39. The number of aromatic nitrogens is 6. The Kier molecular flexibility index (Phi) is 11.9. The SMILES string of the molecule is COOC=N[C@@H](C(=O)N1CCC[C@H]1c1ncc(-c2ccc(-c3ccc(-c4cnc([C@@H]5CCCN5C(=O)[C@H](Nc5ncccn5)C(C)C)[nH]4)cc3)cc2)[nH]1)c1ccccc1. The molecular weight excluding hydrogens is 745 g/mol. The number of hydrogen-bond donors (Lipinski definition) is 3. The Labute approximate surface area is 343 Å². The number of nitrogens with zero attached hydrogens (tertiary/aromatic N) is 7. The van der Waals surface area contributed by atoms with Crippen molar-refractivity contribution in [1.82, 2.24) is 39.7 Å². The van der Waals surface area contributed by atoms with E-state index in [0.29, 0.717) is 19.0 Å². The number of benzene rings is 3. The number of amides is 2. The highest BCUT2D eigenvalue weighted by atomic mass is 17.2. The van der Waals surface area contributed by atoms with E-state index in [0.717, 1.165) is 76.5 Å². The molecule has 2 aliphatic heterocycles. The van der Waals surface area contributed by atoms with Crippen LogP contribution in [0.1, 0.15) is 74.9 Å². The maximum absolute atomic E-state index is 13.9. The van der Waals surface area contributed by atoms with E-state index in [1.807, 2.05) is 66.4 Å². The molecule has 14 nitrogen and oxygen atoms in total. The second-order valence-electron chi connectivity index (χ2n) is 15.2. The van der Waals surface area contributed by atoms with Gasteiger partial charge < -0.3 is 30.0 Å². The Hall–Kier alpha value is -6.67. The lowest BCUT2D eigenvalue weighted by Gasteiger charge is -2.30. The van der Waals surface area contributed by atoms with Crippen LogP contribution in [0.25, 0.3) is 33.6 Å². The van der Waals surface area contributed by atoms with Crippen molar-refractivity contribution >= 4 is 24.2 Å². The van der Waals surface area contributed by atoms with Crippen molar-refractivity contribution in [3.63, 3.8) is 0 Å². The van der Waals surface area contributed by atoms with E-state index in [9.17, 15) is 9.59 Å². The molecule has 6 aromatic rings. The van der Waals surface area contributed by atoms with Gasteiger partial charge in [0.25, 0.3) is 5.91 Å². The minimum Gasteiger partial charge on any atom is -0.342 e. The van der Waals surface area contributed by atoms with Gasteiger partial charge in [-0.25, -0.2) is 24.9 Å². The predicted molar refractivity (Wildman–Crippen MR) is 224 cm³/mol. The number of anilines is 1. The molecule has 2 aliphatic rings. The summed E-state index contributed by atoms with van der Waals surface area (Å²) >= 11 is 0. The first-order valence-corrected chi connectivity index (χ1v) is 20.1. The summed E-state index contributed by atoms with van der Waals surface area (Å²) < 4.78 is 0. The zero-order chi connectivity index (χ0) is 40.7. The number of nitrogens with one attached hydrogen (secondary N) is 3. The first kappa shape index (κ1) is 39.2. The smallest absolute Gasteiger partial charge is 0.252 e. The number of carbonyl (C=O) groups excluding carboxylic acids is 2. The third-order valence-electron chi connectivity index (χ3n) is 11.1. The Balaban J connectivity index is 0.918. The molecule has 5 heterocycles. The molecule has 0 radical (unpaired) electrons. The van der Waals surface area contributed by atoms with Crippen LogP contribution in [-0.2, 0) is 19.4 Å². The molecule has 8 rings (SSSR count). The molecule has 2 saturated heterocycles. The lowest BCUT2D eigenvalue weighted by Crippen LogP contribution is -2.45. The maximum atomic E-state index is 13.9. The minimum absolute atomic E-state index is 0.0253. The summed E-state index contributed by atoms with van der Waals surface area (Å²) in [6.45, 7) is 5.34. The number of carbonyl (C=O) groups is 2. The molecule has 302 valence electrons. The average molecular weight is 793 g/mol. The number of H-pyrrole nitrogens is 2. The quantitative estimate of drug-likeness (QED) is 0.0433. The Morgan fingerprint density at radius 3 is 1.78 bits per heavy atom. The molecular formula is C45H48N10O4. The number of aliphatic imine (C=N–C) groups is 1. The lowest BCUT2D eigenvalue weighted by atomic mass is 10.0. The van der Waals surface area contributed by atoms with Gasteiger partial charge in [0.1, 0.15) is 17.7 Å². The molecule has 0 saturated carbocycles. The minimum atomic E-state index is -0.761. The van der Waals surface area contributed by atoms with Crippen LogP contribution in [0.2, 0.25) is 0 Å². The summed E-state index contributed by atoms with van der Waals surface area (Å²) in [4.78, 5) is 70.5. The van der Waals surface area contributed by atoms with Gasteiger partial charge in [0.05, 0.1) is 43.0 Å². The normalized spacial score (nSPS) is 17.8. The molecule has 59 heavy (non-hydrogen) atoms. The van der Waals surface area contributed by atoms with E-state index in [1.165, 1.54) is 13.5 Å². The van der Waals surface area contributed by atoms with Crippen molar-refractivity contribution in [2.45, 2.75) is 63.7 Å². The predicted octanol–water partition coefficient (Wildman–Crippen LogP) is 7.74. The lowest BCUT2D eigenvalue weighted by molar-refractivity contribution is -0.188. The zero-order valence-corrected chi connectivity index (χ0v) is 33.4. The molecule has 3 aromatic heterocycles. The van der Waals surface area contributed by atoms with Gasteiger partial charge in [-0.1, -0.05) is 92.7 Å². The first-order valence-electron chi connectivity index (χ1n) is 20.1. The van der Waals surface area contributed by atoms with Crippen LogP contribution in [0, 0.1) is 5.92 Å². The van der Waals surface area contributed by atoms with Gasteiger partial charge in [0, 0.05) is 25.5 Å². The highest BCUT2D eigenvalue weighted by Gasteiger charge is 2.38. The fourth-order valence-corrected chi connectivity index (χ4v) is 8.04. The summed E-state index contributed by atoms with van der Waals surface area (Å²) in [5.74, 6) is 1.93. The molecule has 3 N–H and O–H groups in total. The third-order valence-corrected chi connectivity index (χ3v) is 11.1. The zero-order valence-electron chi connectivity index (χ0n) is 33.4. The molecule has 2 amide bonds. The molecule has 0 unspecified atom stereocenters. The van der Waals surface area contributed by atoms with Gasteiger partial charge in [0.2, 0.25) is 18.3 Å². The number of imidazole rings is 2. The van der Waals surface area contributed by atoms with E-state index in [-0.39, 0.29) is 29.8 Å². The molecule has 14 heteroatoms. The van der Waals surface area contributed by atoms with Gasteiger partial charge in [-0.05, 0) is 65.5 Å². The van der Waals surface area contributed by atoms with Crippen LogP contribution < -0.4 is 5.32 Å². The fraction of sp³-hybridized carbons (Fsp3) is 0.311. The first-order chi connectivity index (χ1) is 28.9. The van der Waals surface area contributed by atoms with Crippen molar-refractivity contribution < 1.29 is 19.4 Å². The van der Waals surface area contributed by atoms with Gasteiger partial charge in [-0.3, -0.25) is 9.59 Å². The standard InChI is InChI=1S/C45H48N10O4/c1-29(2)39(53-45-46-22-9-23-47-45)43(56)54-24-7-12-37(54)41-48-26-35(51-41)32-18-14-30(15-19-32)31-16-20-33(21-17-31)36-27-49-42(52-36)38-13-8-25-55(38)44(57)40(50-28-59-58-3)34-10-5-4-6-11-34/h4-6,9-11,14-23,26-29,37-40H,7-8,12-13,24-25H2,1-3H3,(H,48,51)(H,49,52)(H,46,47,53)/t37-,38-,39+,40+/m0/s1. The van der Waals surface area contributed by atoms with Gasteiger partial charge in [0.15, 0.2) is 6.04 Å². The summed E-state index contributed by atoms with van der Waals surface area (Å²) in [5, 5.41) is 3.25. The highest BCUT2D eigenvalue weighted by molar-refractivity contribution is 5.86. The van der Waals surface area contributed by atoms with Crippen LogP contribution in [0.15, 0.2) is 115 Å². The second kappa shape index (κ2) is 17.9. The van der Waals surface area contributed by atoms with Crippen molar-refractivity contribution in [3.05, 3.63) is 127 Å². The van der Waals surface area contributed by atoms with Crippen LogP contribution >= 0.6 is 0 Å². The Morgan fingerprint density at radius 2 is 1.25 bits per heavy atom. The monoisotopic (exact) mass is 792 g/mol. The van der Waals surface area contributed by atoms with Gasteiger partial charge in [-0.2, -0.15) is 4.89 Å². The maximum Gasteiger partial charge on any atom is 0.252 e. The fourth-order valence-electron chi connectivity index (χ4n) is 8.04. The van der Waals surface area contributed by atoms with E-state index >= 15 is 0 Å². The van der Waals surface area contributed by atoms with Gasteiger partial charge >= 0.3 is 0 Å². The van der Waals surface area contributed by atoms with Crippen molar-refractivity contribution in [3.8, 4) is 33.6 Å². The molecule has 0 spiro atoms. The number of hydrogen-bond acceptors (Lipinski definition) is 10. The molecule has 4 atom stereocenters. The third kappa shape index (κ3) is 8.63. The van der Waals surface area contributed by atoms with Gasteiger partial charge in [-0.15, -0.1) is 0 Å². The van der Waals surface area contributed by atoms with Crippen molar-refractivity contribution in [2.75, 3.05) is 25.5 Å². The Morgan fingerprint density at radius 1 is 0.729 bits per heavy atom. The largest absolute Gasteiger partial charge is 0.342 e. The molecule has 3 aromatic carbocycles. The van der Waals surface area contributed by atoms with Crippen LogP contribution in [-0.4, -0.2) is 84.2 Å². The van der Waals surface area contributed by atoms with Crippen molar-refractivity contribution in [2.24, 2.45) is 10.9 Å². The number of aromatic amines is 2. The average Bonchev–Trinajstić information content (AvgIpc) is 4.12. The topological polar surface area (TPSA) is 167 Å². The summed E-state index contributed by atoms with van der Waals surface area (Å²) in [6, 6.07) is 26.4. The van der Waals surface area contributed by atoms with Crippen LogP contribution in [0.5, 0.6) is 0 Å². The number of rotatable bonds is 14. The highest BCUT2D eigenvalue weighted by Crippen LogP contribution is 2.36. The van der Waals surface area contributed by atoms with E-state index in [4.69, 9.17) is 14.9 Å². The molecule has 0 aliphatic carbocycles. The second-order valence-corrected chi connectivity index (χ2v) is 15.2. The van der Waals surface area contributed by atoms with Crippen LogP contribution in [0.3, 0.4) is 0 Å². The Bertz CT molecular complexity index is 2350.